The number of esters is 1. The Morgan fingerprint density at radius 2 is 1.21 bits per heavy atom. The van der Waals surface area contributed by atoms with Crippen molar-refractivity contribution in [3.05, 3.63) is 59.2 Å². The van der Waals surface area contributed by atoms with Gasteiger partial charge in [-0.3, -0.25) is 15.0 Å². The number of aryl methyl sites for hydroxylation is 1. The van der Waals surface area contributed by atoms with Gasteiger partial charge in [0.25, 0.3) is 5.91 Å². The summed E-state index contributed by atoms with van der Waals surface area (Å²) < 4.78 is 15.9. The maximum Gasteiger partial charge on any atom is 0.426 e. The van der Waals surface area contributed by atoms with Crippen molar-refractivity contribution in [1.82, 2.24) is 10.7 Å². The number of anilines is 1. The van der Waals surface area contributed by atoms with Crippen LogP contribution >= 0.6 is 0 Å². The first-order chi connectivity index (χ1) is 25.6. The maximum absolute atomic E-state index is 12.5. The van der Waals surface area contributed by atoms with Crippen molar-refractivity contribution in [2.24, 2.45) is 0 Å². The van der Waals surface area contributed by atoms with Crippen LogP contribution in [0.5, 0.6) is 5.75 Å². The zero-order valence-corrected chi connectivity index (χ0v) is 29.0. The molecule has 2 aromatic rings. The van der Waals surface area contributed by atoms with Gasteiger partial charge in [-0.2, -0.15) is 0 Å². The smallest absolute Gasteiger partial charge is 0.426 e. The molecule has 0 heterocycles. The minimum absolute atomic E-state index is 0.0520. The molecule has 0 aliphatic carbocycles. The molecular weight excluding hydrogens is 666 g/mol. The van der Waals surface area contributed by atoms with Gasteiger partial charge in [-0.15, -0.1) is 6.42 Å². The summed E-state index contributed by atoms with van der Waals surface area (Å²) in [5, 5.41) is 2.51. The van der Waals surface area contributed by atoms with E-state index in [0.717, 1.165) is 5.56 Å². The molecule has 0 unspecified atom stereocenters. The summed E-state index contributed by atoms with van der Waals surface area (Å²) in [6, 6.07) is 11.4. The fraction of sp³-hybridized carbons (Fsp3) is 0.159. The molecule has 9 heteroatoms. The number of terminal acetylenes is 1. The average Bonchev–Trinajstić information content (AvgIpc) is 3.12. The third kappa shape index (κ3) is 20.4. The minimum Gasteiger partial charge on any atom is -0.460 e. The monoisotopic (exact) mass is 693 g/mol. The number of hydrazine groups is 1. The molecule has 0 aliphatic heterocycles. The van der Waals surface area contributed by atoms with Crippen molar-refractivity contribution in [1.29, 1.82) is 0 Å². The zero-order valence-electron chi connectivity index (χ0n) is 29.0. The number of carbonyl (C=O) groups excluding carboxylic acids is 3. The van der Waals surface area contributed by atoms with Gasteiger partial charge in [-0.25, -0.2) is 10.2 Å². The number of carbonyl (C=O) groups is 3. The van der Waals surface area contributed by atoms with Crippen LogP contribution in [-0.2, 0) is 20.9 Å². The van der Waals surface area contributed by atoms with Crippen LogP contribution in [-0.4, -0.2) is 30.1 Å². The van der Waals surface area contributed by atoms with Crippen LogP contribution in [0, 0.1) is 138 Å². The third-order valence-corrected chi connectivity index (χ3v) is 5.18. The van der Waals surface area contributed by atoms with Crippen molar-refractivity contribution in [3.8, 4) is 137 Å². The zero-order chi connectivity index (χ0) is 38.6. The summed E-state index contributed by atoms with van der Waals surface area (Å²) in [4.78, 5) is 36.5. The second kappa shape index (κ2) is 23.7. The van der Waals surface area contributed by atoms with Gasteiger partial charge in [-0.1, -0.05) is 6.07 Å². The molecule has 2 amide bonds. The highest BCUT2D eigenvalue weighted by atomic mass is 16.6. The second-order valence-electron chi connectivity index (χ2n) is 10.6. The van der Waals surface area contributed by atoms with Crippen LogP contribution in [0.3, 0.4) is 0 Å². The van der Waals surface area contributed by atoms with Crippen molar-refractivity contribution < 1.29 is 28.6 Å². The fourth-order valence-corrected chi connectivity index (χ4v) is 3.25. The molecule has 0 fully saturated rings. The van der Waals surface area contributed by atoms with Gasteiger partial charge in [0.1, 0.15) is 30.6 Å². The van der Waals surface area contributed by atoms with Crippen molar-refractivity contribution in [3.63, 3.8) is 0 Å². The number of nitrogens with one attached hydrogen (secondary N) is 3. The molecule has 0 aromatic heterocycles. The van der Waals surface area contributed by atoms with E-state index >= 15 is 0 Å². The van der Waals surface area contributed by atoms with Gasteiger partial charge in [0.15, 0.2) is 0 Å². The van der Waals surface area contributed by atoms with Crippen LogP contribution in [0.4, 0.5) is 10.5 Å². The van der Waals surface area contributed by atoms with E-state index in [4.69, 9.17) is 20.6 Å². The SMILES string of the molecule is C#CC#CC#CC#CC#CC#CC#CC#CC#CC#CC#COc1cc(C)cc(COC(=O)CNC(=O)c2ccc(NNC(=O)OC(C)(C)C)cc2)c1. The number of benzene rings is 2. The number of amides is 2. The molecule has 2 rings (SSSR count). The third-order valence-electron chi connectivity index (χ3n) is 5.18. The van der Waals surface area contributed by atoms with Gasteiger partial charge in [0.05, 0.1) is 5.69 Å². The molecule has 3 N–H and O–H groups in total. The molecule has 2 aromatic carbocycles. The quantitative estimate of drug-likeness (QED) is 0.221. The maximum atomic E-state index is 12.5. The first-order valence-corrected chi connectivity index (χ1v) is 15.1. The normalized spacial score (nSPS) is 7.98. The molecule has 254 valence electrons. The molecule has 0 aliphatic rings. The first-order valence-electron chi connectivity index (χ1n) is 15.1. The number of hydrogen-bond acceptors (Lipinski definition) is 7. The van der Waals surface area contributed by atoms with Gasteiger partial charge < -0.3 is 19.5 Å². The van der Waals surface area contributed by atoms with E-state index in [1.54, 1.807) is 45.0 Å². The van der Waals surface area contributed by atoms with Crippen molar-refractivity contribution in [2.75, 3.05) is 12.0 Å². The lowest BCUT2D eigenvalue weighted by molar-refractivity contribution is -0.143. The Morgan fingerprint density at radius 1 is 0.698 bits per heavy atom. The lowest BCUT2D eigenvalue weighted by Crippen LogP contribution is -2.35. The van der Waals surface area contributed by atoms with Crippen LogP contribution in [0.15, 0.2) is 42.5 Å². The van der Waals surface area contributed by atoms with Crippen LogP contribution in [0.1, 0.15) is 42.3 Å². The average molecular weight is 694 g/mol. The predicted octanol–water partition coefficient (Wildman–Crippen LogP) is 3.32. The molecule has 0 atom stereocenters. The van der Waals surface area contributed by atoms with E-state index in [1.165, 1.54) is 12.1 Å². The Morgan fingerprint density at radius 3 is 1.72 bits per heavy atom. The van der Waals surface area contributed by atoms with E-state index < -0.39 is 23.6 Å². The number of ether oxygens (including phenoxy) is 3. The Kier molecular flexibility index (Phi) is 18.1. The van der Waals surface area contributed by atoms with E-state index in [-0.39, 0.29) is 13.2 Å². The molecule has 0 radical (unpaired) electrons. The number of rotatable bonds is 8. The lowest BCUT2D eigenvalue weighted by atomic mass is 10.1. The van der Waals surface area contributed by atoms with E-state index in [0.29, 0.717) is 22.6 Å². The molecule has 9 nitrogen and oxygen atoms in total. The molecule has 53 heavy (non-hydrogen) atoms. The Labute approximate surface area is 310 Å². The Balaban J connectivity index is 1.76. The Bertz CT molecular complexity index is 2420. The summed E-state index contributed by atoms with van der Waals surface area (Å²) in [6.45, 7) is 6.69. The van der Waals surface area contributed by atoms with Crippen LogP contribution in [0.2, 0.25) is 0 Å². The largest absolute Gasteiger partial charge is 0.460 e. The van der Waals surface area contributed by atoms with Gasteiger partial charge >= 0.3 is 12.1 Å². The summed E-state index contributed by atoms with van der Waals surface area (Å²) in [7, 11) is 0. The molecule has 0 saturated carbocycles. The standard InChI is InChI=1S/C44H27N3O6/c1-6-7-8-9-10-11-12-13-14-15-16-17-18-19-20-21-22-23-24-25-30-51-40-32-36(2)31-37(33-40)35-52-41(48)34-45-42(49)38-26-28-39(29-27-38)46-47-43(50)53-44(3,4)5/h1,26-29,31-33,46H,34-35H2,2-5H3,(H,45,49)(H,47,50). The molecule has 0 saturated heterocycles. The van der Waals surface area contributed by atoms with Crippen molar-refractivity contribution in [2.45, 2.75) is 39.9 Å². The first kappa shape index (κ1) is 40.6. The van der Waals surface area contributed by atoms with Crippen molar-refractivity contribution >= 4 is 23.7 Å². The second-order valence-corrected chi connectivity index (χ2v) is 10.6. The predicted molar refractivity (Wildman–Crippen MR) is 200 cm³/mol. The summed E-state index contributed by atoms with van der Waals surface area (Å²) in [6.07, 6.45) is 6.76. The highest BCUT2D eigenvalue weighted by molar-refractivity contribution is 5.96. The topological polar surface area (TPSA) is 115 Å². The van der Waals surface area contributed by atoms with Crippen LogP contribution in [0.25, 0.3) is 0 Å². The van der Waals surface area contributed by atoms with Crippen LogP contribution < -0.4 is 20.9 Å². The molecule has 0 spiro atoms. The molecule has 0 bridgehead atoms. The minimum atomic E-state index is -0.650. The van der Waals surface area contributed by atoms with E-state index in [2.05, 4.69) is 141 Å². The summed E-state index contributed by atoms with van der Waals surface area (Å²) in [5.41, 5.74) is 6.77. The fourth-order valence-electron chi connectivity index (χ4n) is 3.25. The van der Waals surface area contributed by atoms with E-state index in [9.17, 15) is 14.4 Å². The number of hydrogen-bond donors (Lipinski definition) is 3. The van der Waals surface area contributed by atoms with E-state index in [1.807, 2.05) is 13.0 Å². The Hall–Kier alpha value is -8.59. The van der Waals surface area contributed by atoms with Gasteiger partial charge in [0.2, 0.25) is 0 Å². The highest BCUT2D eigenvalue weighted by Gasteiger charge is 2.16. The van der Waals surface area contributed by atoms with Gasteiger partial charge in [0, 0.05) is 76.6 Å². The highest BCUT2D eigenvalue weighted by Crippen LogP contribution is 2.17. The summed E-state index contributed by atoms with van der Waals surface area (Å²) >= 11 is 0. The van der Waals surface area contributed by atoms with Gasteiger partial charge in [-0.05, 0) is 123 Å². The lowest BCUT2D eigenvalue weighted by Gasteiger charge is -2.20. The summed E-state index contributed by atoms with van der Waals surface area (Å²) in [5.74, 6) is 48.6. The molecular formula is C44H27N3O6.